The maximum atomic E-state index is 12.7. The molecular formula is C28H45NO10Sn. The van der Waals surface area contributed by atoms with Gasteiger partial charge < -0.3 is 0 Å². The molecule has 12 heteroatoms. The van der Waals surface area contributed by atoms with Crippen molar-refractivity contribution in [2.24, 2.45) is 0 Å². The molecule has 0 aliphatic rings. The first-order valence-electron chi connectivity index (χ1n) is 13.0. The molecule has 40 heavy (non-hydrogen) atoms. The maximum absolute atomic E-state index is 12.7. The molecule has 0 aliphatic heterocycles. The third kappa shape index (κ3) is 12.2. The number of nitrogens with zero attached hydrogens (tertiary/aromatic N) is 1. The zero-order valence-corrected chi connectivity index (χ0v) is 28.9. The van der Waals surface area contributed by atoms with Crippen LogP contribution in [0.3, 0.4) is 0 Å². The molecule has 0 aliphatic carbocycles. The fourth-order valence-corrected chi connectivity index (χ4v) is 8.27. The van der Waals surface area contributed by atoms with Crippen LogP contribution >= 0.6 is 0 Å². The minimum absolute atomic E-state index is 0.0714. The minimum atomic E-state index is -3.09. The molecule has 0 aromatic heterocycles. The van der Waals surface area contributed by atoms with E-state index in [1.165, 1.54) is 13.1 Å². The summed E-state index contributed by atoms with van der Waals surface area (Å²) in [5.41, 5.74) is -1.99. The molecule has 11 nitrogen and oxygen atoms in total. The van der Waals surface area contributed by atoms with Gasteiger partial charge in [-0.3, -0.25) is 0 Å². The molecule has 226 valence electrons. The van der Waals surface area contributed by atoms with Crippen molar-refractivity contribution < 1.29 is 48.0 Å². The summed E-state index contributed by atoms with van der Waals surface area (Å²) in [4.78, 5) is 57.5. The molecule has 1 rings (SSSR count). The number of hydrogen-bond acceptors (Lipinski definition) is 9. The Morgan fingerprint density at radius 2 is 1.18 bits per heavy atom. The molecule has 0 radical (unpaired) electrons. The van der Waals surface area contributed by atoms with E-state index in [0.29, 0.717) is 5.56 Å². The van der Waals surface area contributed by atoms with Gasteiger partial charge in [-0.2, -0.15) is 0 Å². The first-order valence-corrected chi connectivity index (χ1v) is 23.0. The van der Waals surface area contributed by atoms with Crippen LogP contribution in [0.2, 0.25) is 14.8 Å². The summed E-state index contributed by atoms with van der Waals surface area (Å²) in [5.74, 6) is -1.47. The van der Waals surface area contributed by atoms with Crippen molar-refractivity contribution in [3.8, 4) is 11.5 Å². The summed E-state index contributed by atoms with van der Waals surface area (Å²) >= 11 is -3.09. The first-order chi connectivity index (χ1) is 17.8. The Balaban J connectivity index is 3.69. The van der Waals surface area contributed by atoms with Crippen molar-refractivity contribution in [3.63, 3.8) is 0 Å². The van der Waals surface area contributed by atoms with Crippen molar-refractivity contribution in [2.75, 3.05) is 7.05 Å². The van der Waals surface area contributed by atoms with Gasteiger partial charge in [-0.1, -0.05) is 0 Å². The number of rotatable bonds is 7. The number of hydrogen-bond donors (Lipinski definition) is 1. The average molecular weight is 674 g/mol. The van der Waals surface area contributed by atoms with Gasteiger partial charge in [-0.05, 0) is 0 Å². The topological polar surface area (TPSA) is 138 Å². The number of amides is 1. The molecule has 0 unspecified atom stereocenters. The number of carboxylic acid groups (broad SMARTS) is 1. The van der Waals surface area contributed by atoms with Gasteiger partial charge in [0.05, 0.1) is 0 Å². The molecule has 1 aromatic carbocycles. The summed E-state index contributed by atoms with van der Waals surface area (Å²) in [6, 6.07) is 1.75. The van der Waals surface area contributed by atoms with Gasteiger partial charge >= 0.3 is 242 Å². The van der Waals surface area contributed by atoms with Crippen LogP contribution < -0.4 is 13.1 Å². The second kappa shape index (κ2) is 12.9. The van der Waals surface area contributed by atoms with E-state index >= 15 is 0 Å². The number of carboxylic acids is 1. The van der Waals surface area contributed by atoms with Crippen molar-refractivity contribution in [1.29, 1.82) is 0 Å². The molecular weight excluding hydrogens is 629 g/mol. The third-order valence-corrected chi connectivity index (χ3v) is 10.9. The van der Waals surface area contributed by atoms with E-state index in [1.54, 1.807) is 68.4 Å². The summed E-state index contributed by atoms with van der Waals surface area (Å²) in [6.07, 6.45) is -2.96. The van der Waals surface area contributed by atoms with E-state index < -0.39 is 65.6 Å². The van der Waals surface area contributed by atoms with E-state index in [9.17, 15) is 24.3 Å². The van der Waals surface area contributed by atoms with Crippen LogP contribution in [0.15, 0.2) is 12.1 Å². The number of aliphatic carboxylic acids is 1. The third-order valence-electron chi connectivity index (χ3n) is 4.99. The van der Waals surface area contributed by atoms with E-state index in [1.807, 2.05) is 0 Å². The van der Waals surface area contributed by atoms with Crippen LogP contribution in [0.25, 0.3) is 0 Å². The number of likely N-dealkylation sites (N-methyl/N-ethyl adjacent to an activating group) is 1. The summed E-state index contributed by atoms with van der Waals surface area (Å²) in [6.45, 7) is 15.1. The predicted molar refractivity (Wildman–Crippen MR) is 152 cm³/mol. The summed E-state index contributed by atoms with van der Waals surface area (Å²) in [7, 11) is 1.35. The Kier molecular flexibility index (Phi) is 11.4. The van der Waals surface area contributed by atoms with Gasteiger partial charge in [0.25, 0.3) is 0 Å². The van der Waals surface area contributed by atoms with Gasteiger partial charge in [0.1, 0.15) is 0 Å². The van der Waals surface area contributed by atoms with Crippen LogP contribution in [-0.2, 0) is 25.4 Å². The normalized spacial score (nSPS) is 13.1. The fraction of sp³-hybridized carbons (Fsp3) is 0.643. The molecule has 0 saturated carbocycles. The molecule has 0 saturated heterocycles. The number of carbonyl (C=O) groups is 4. The molecule has 0 bridgehead atoms. The zero-order chi connectivity index (χ0) is 31.4. The van der Waals surface area contributed by atoms with Crippen molar-refractivity contribution in [1.82, 2.24) is 4.90 Å². The van der Waals surface area contributed by atoms with Crippen molar-refractivity contribution in [2.45, 2.75) is 106 Å². The second-order valence-corrected chi connectivity index (χ2v) is 27.9. The average Bonchev–Trinajstić information content (AvgIpc) is 2.67. The van der Waals surface area contributed by atoms with Crippen LogP contribution in [0, 0.1) is 0 Å². The second-order valence-electron chi connectivity index (χ2n) is 13.5. The molecule has 1 amide bonds. The monoisotopic (exact) mass is 675 g/mol. The Labute approximate surface area is 241 Å². The molecule has 1 atom stereocenters. The quantitative estimate of drug-likeness (QED) is 0.165. The Hall–Kier alpha value is -2.70. The van der Waals surface area contributed by atoms with E-state index in [4.69, 9.17) is 23.7 Å². The number of ether oxygens (including phenoxy) is 5. The number of carbonyl (C=O) groups excluding carboxylic acids is 3. The van der Waals surface area contributed by atoms with Crippen molar-refractivity contribution in [3.05, 3.63) is 17.7 Å². The van der Waals surface area contributed by atoms with Gasteiger partial charge in [0, 0.05) is 0 Å². The Bertz CT molecular complexity index is 1100. The predicted octanol–water partition coefficient (Wildman–Crippen LogP) is 5.72. The van der Waals surface area contributed by atoms with Gasteiger partial charge in [-0.25, -0.2) is 0 Å². The molecule has 0 fully saturated rings. The van der Waals surface area contributed by atoms with Crippen LogP contribution in [0.1, 0.15) is 67.9 Å². The molecule has 0 spiro atoms. The van der Waals surface area contributed by atoms with Crippen LogP contribution in [0.4, 0.5) is 14.4 Å². The van der Waals surface area contributed by atoms with Gasteiger partial charge in [0.2, 0.25) is 0 Å². The summed E-state index contributed by atoms with van der Waals surface area (Å²) in [5, 5.41) is 10.0. The Morgan fingerprint density at radius 3 is 1.52 bits per heavy atom. The SMILES string of the molecule is CN(C(=O)OC(C)(C)C)[C@@H](Cc1cc(OC(=O)OC(C)(C)C)c(OC(=O)OC(C)(C)C)c[c]1[Sn]([CH3])([CH3])[CH3])C(=O)O. The van der Waals surface area contributed by atoms with Crippen molar-refractivity contribution >= 4 is 46.3 Å². The van der Waals surface area contributed by atoms with Gasteiger partial charge in [0.15, 0.2) is 0 Å². The van der Waals surface area contributed by atoms with Crippen LogP contribution in [0.5, 0.6) is 11.5 Å². The number of benzene rings is 1. The van der Waals surface area contributed by atoms with Crippen LogP contribution in [-0.4, -0.2) is 82.6 Å². The zero-order valence-electron chi connectivity index (χ0n) is 26.0. The molecule has 0 heterocycles. The van der Waals surface area contributed by atoms with E-state index in [-0.39, 0.29) is 17.9 Å². The summed E-state index contributed by atoms with van der Waals surface area (Å²) < 4.78 is 27.7. The first kappa shape index (κ1) is 35.3. The molecule has 1 aromatic rings. The fourth-order valence-electron chi connectivity index (χ4n) is 3.41. The van der Waals surface area contributed by atoms with E-state index in [2.05, 4.69) is 14.8 Å². The standard InChI is InChI=1S/C25H36NO10.3CH3.Sn/c1-23(2,3)34-20(29)26(10)16(19(27)28)13-15-11-12-17(32-21(30)35-24(4,5)6)18(14-15)33-22(31)36-25(7,8)9;;;;/h12,14,16H,13H2,1-10H3,(H,27,28);3*1H3;/t16-;;;;/m0..../s1. The Morgan fingerprint density at radius 1 is 0.775 bits per heavy atom. The molecule has 1 N–H and O–H groups in total. The van der Waals surface area contributed by atoms with Gasteiger partial charge in [-0.15, -0.1) is 0 Å². The van der Waals surface area contributed by atoms with E-state index in [0.717, 1.165) is 8.48 Å².